The first-order chi connectivity index (χ1) is 4.84. The number of ketones is 1. The average Bonchev–Trinajstić information content (AvgIpc) is 1.80. The zero-order chi connectivity index (χ0) is 9.07. The summed E-state index contributed by atoms with van der Waals surface area (Å²) in [5.74, 6) is -0.545. The predicted molar refractivity (Wildman–Crippen MR) is 48.1 cm³/mol. The van der Waals surface area contributed by atoms with Gasteiger partial charge in [0.25, 0.3) is 3.79 Å². The van der Waals surface area contributed by atoms with Crippen molar-refractivity contribution in [3.63, 3.8) is 0 Å². The van der Waals surface area contributed by atoms with Crippen LogP contribution in [0.1, 0.15) is 0 Å². The summed E-state index contributed by atoms with van der Waals surface area (Å²) in [6.07, 6.45) is 2.73. The Kier molecular flexibility index (Phi) is 4.22. The Morgan fingerprint density at radius 2 is 1.82 bits per heavy atom. The Balaban J connectivity index is 4.09. The maximum atomic E-state index is 10.9. The third-order valence-electron chi connectivity index (χ3n) is 0.803. The standard InChI is InChI=1S/C6H8Cl3NO/c1-10(2)4-3-5(11)6(7,8)9/h3-4H,1-2H3/b4-3+. The van der Waals surface area contributed by atoms with Gasteiger partial charge in [-0.1, -0.05) is 34.8 Å². The Labute approximate surface area is 80.7 Å². The lowest BCUT2D eigenvalue weighted by atomic mass is 10.4. The lowest BCUT2D eigenvalue weighted by Gasteiger charge is -2.06. The number of carbonyl (C=O) groups is 1. The minimum atomic E-state index is -1.84. The van der Waals surface area contributed by atoms with E-state index in [0.717, 1.165) is 0 Å². The van der Waals surface area contributed by atoms with E-state index in [4.69, 9.17) is 34.8 Å². The van der Waals surface area contributed by atoms with E-state index in [1.54, 1.807) is 19.0 Å². The van der Waals surface area contributed by atoms with Crippen LogP contribution in [0, 0.1) is 0 Å². The number of carbonyl (C=O) groups excluding carboxylic acids is 1. The van der Waals surface area contributed by atoms with Crippen LogP contribution in [-0.2, 0) is 4.79 Å². The van der Waals surface area contributed by atoms with E-state index in [-0.39, 0.29) is 0 Å². The van der Waals surface area contributed by atoms with E-state index in [1.165, 1.54) is 12.3 Å². The molecule has 0 N–H and O–H groups in total. The van der Waals surface area contributed by atoms with Gasteiger partial charge in [0.15, 0.2) is 0 Å². The fourth-order valence-corrected chi connectivity index (χ4v) is 0.500. The summed E-state index contributed by atoms with van der Waals surface area (Å²) >= 11 is 15.8. The van der Waals surface area contributed by atoms with Gasteiger partial charge in [0.05, 0.1) is 0 Å². The molecule has 0 bridgehead atoms. The van der Waals surface area contributed by atoms with Crippen molar-refractivity contribution >= 4 is 40.6 Å². The summed E-state index contributed by atoms with van der Waals surface area (Å²) in [4.78, 5) is 12.5. The van der Waals surface area contributed by atoms with Crippen molar-refractivity contribution in [3.05, 3.63) is 12.3 Å². The van der Waals surface area contributed by atoms with Gasteiger partial charge in [-0.15, -0.1) is 0 Å². The minimum absolute atomic E-state index is 0.545. The molecule has 0 aliphatic heterocycles. The van der Waals surface area contributed by atoms with Crippen LogP contribution in [0.4, 0.5) is 0 Å². The fraction of sp³-hybridized carbons (Fsp3) is 0.500. The van der Waals surface area contributed by atoms with E-state index in [2.05, 4.69) is 0 Å². The van der Waals surface area contributed by atoms with Crippen LogP contribution in [-0.4, -0.2) is 28.6 Å². The molecule has 5 heteroatoms. The quantitative estimate of drug-likeness (QED) is 0.520. The monoisotopic (exact) mass is 215 g/mol. The van der Waals surface area contributed by atoms with Crippen molar-refractivity contribution in [1.29, 1.82) is 0 Å². The molecule has 0 aromatic carbocycles. The number of halogens is 3. The Bertz CT molecular complexity index is 171. The van der Waals surface area contributed by atoms with Gasteiger partial charge in [-0.05, 0) is 0 Å². The highest BCUT2D eigenvalue weighted by atomic mass is 35.6. The summed E-state index contributed by atoms with van der Waals surface area (Å²) in [6, 6.07) is 0. The molecule has 0 aromatic rings. The first-order valence-corrected chi connectivity index (χ1v) is 3.93. The van der Waals surface area contributed by atoms with Crippen molar-refractivity contribution in [2.75, 3.05) is 14.1 Å². The van der Waals surface area contributed by atoms with Gasteiger partial charge in [-0.3, -0.25) is 4.79 Å². The number of nitrogens with zero attached hydrogens (tertiary/aromatic N) is 1. The summed E-state index contributed by atoms with van der Waals surface area (Å²) in [5.41, 5.74) is 0. The Morgan fingerprint density at radius 3 is 2.09 bits per heavy atom. The molecule has 64 valence electrons. The van der Waals surface area contributed by atoms with Crippen molar-refractivity contribution in [2.45, 2.75) is 3.79 Å². The number of allylic oxidation sites excluding steroid dienone is 1. The van der Waals surface area contributed by atoms with Gasteiger partial charge in [-0.2, -0.15) is 0 Å². The maximum absolute atomic E-state index is 10.9. The molecule has 0 radical (unpaired) electrons. The zero-order valence-electron chi connectivity index (χ0n) is 6.14. The van der Waals surface area contributed by atoms with Crippen LogP contribution in [0.25, 0.3) is 0 Å². The molecule has 0 aliphatic carbocycles. The predicted octanol–water partition coefficient (Wildman–Crippen LogP) is 2.00. The number of alkyl halides is 3. The highest BCUT2D eigenvalue weighted by Gasteiger charge is 2.27. The summed E-state index contributed by atoms with van der Waals surface area (Å²) in [5, 5.41) is 0. The van der Waals surface area contributed by atoms with Crippen molar-refractivity contribution < 1.29 is 4.79 Å². The first-order valence-electron chi connectivity index (χ1n) is 2.80. The average molecular weight is 216 g/mol. The lowest BCUT2D eigenvalue weighted by molar-refractivity contribution is -0.113. The van der Waals surface area contributed by atoms with E-state index < -0.39 is 9.58 Å². The van der Waals surface area contributed by atoms with Crippen LogP contribution in [0.3, 0.4) is 0 Å². The molecule has 2 nitrogen and oxygen atoms in total. The molecule has 0 saturated heterocycles. The summed E-state index contributed by atoms with van der Waals surface area (Å²) in [6.45, 7) is 0. The van der Waals surface area contributed by atoms with Gasteiger partial charge >= 0.3 is 0 Å². The summed E-state index contributed by atoms with van der Waals surface area (Å²) < 4.78 is -1.84. The second kappa shape index (κ2) is 4.19. The van der Waals surface area contributed by atoms with Crippen LogP contribution in [0.15, 0.2) is 12.3 Å². The third kappa shape index (κ3) is 5.36. The Hall–Kier alpha value is 0.0800. The van der Waals surface area contributed by atoms with Crippen molar-refractivity contribution in [2.24, 2.45) is 0 Å². The molecular weight excluding hydrogens is 208 g/mol. The third-order valence-corrected chi connectivity index (χ3v) is 1.36. The van der Waals surface area contributed by atoms with Crippen LogP contribution in [0.5, 0.6) is 0 Å². The largest absolute Gasteiger partial charge is 0.383 e. The molecular formula is C6H8Cl3NO. The van der Waals surface area contributed by atoms with Crippen LogP contribution in [0.2, 0.25) is 0 Å². The highest BCUT2D eigenvalue weighted by molar-refractivity contribution is 6.77. The molecule has 0 fully saturated rings. The lowest BCUT2D eigenvalue weighted by Crippen LogP contribution is -2.16. The molecule has 0 spiro atoms. The van der Waals surface area contributed by atoms with Crippen molar-refractivity contribution in [3.8, 4) is 0 Å². The van der Waals surface area contributed by atoms with Crippen LogP contribution < -0.4 is 0 Å². The molecule has 0 atom stereocenters. The molecule has 0 saturated carbocycles. The van der Waals surface area contributed by atoms with Crippen LogP contribution >= 0.6 is 34.8 Å². The van der Waals surface area contributed by atoms with Gasteiger partial charge < -0.3 is 4.90 Å². The molecule has 0 aliphatic rings. The van der Waals surface area contributed by atoms with Gasteiger partial charge in [-0.25, -0.2) is 0 Å². The fourth-order valence-electron chi connectivity index (χ4n) is 0.311. The normalized spacial score (nSPS) is 12.1. The molecule has 11 heavy (non-hydrogen) atoms. The first kappa shape index (κ1) is 11.1. The minimum Gasteiger partial charge on any atom is -0.383 e. The van der Waals surface area contributed by atoms with E-state index in [1.807, 2.05) is 0 Å². The molecule has 0 rings (SSSR count). The maximum Gasteiger partial charge on any atom is 0.252 e. The number of hydrogen-bond acceptors (Lipinski definition) is 2. The molecule has 0 heterocycles. The molecule has 0 unspecified atom stereocenters. The smallest absolute Gasteiger partial charge is 0.252 e. The van der Waals surface area contributed by atoms with E-state index in [0.29, 0.717) is 0 Å². The highest BCUT2D eigenvalue weighted by Crippen LogP contribution is 2.27. The van der Waals surface area contributed by atoms with E-state index in [9.17, 15) is 4.79 Å². The Morgan fingerprint density at radius 1 is 1.36 bits per heavy atom. The van der Waals surface area contributed by atoms with E-state index >= 15 is 0 Å². The van der Waals surface area contributed by atoms with Crippen molar-refractivity contribution in [1.82, 2.24) is 4.90 Å². The molecule has 0 aromatic heterocycles. The topological polar surface area (TPSA) is 20.3 Å². The van der Waals surface area contributed by atoms with Gasteiger partial charge in [0.1, 0.15) is 0 Å². The van der Waals surface area contributed by atoms with Gasteiger partial charge in [0, 0.05) is 26.4 Å². The zero-order valence-corrected chi connectivity index (χ0v) is 8.41. The SMILES string of the molecule is CN(C)/C=C/C(=O)C(Cl)(Cl)Cl. The number of rotatable bonds is 2. The second-order valence-electron chi connectivity index (χ2n) is 2.14. The molecule has 0 amide bonds. The van der Waals surface area contributed by atoms with Gasteiger partial charge in [0.2, 0.25) is 5.78 Å². The second-order valence-corrected chi connectivity index (χ2v) is 4.42. The number of hydrogen-bond donors (Lipinski definition) is 0. The summed E-state index contributed by atoms with van der Waals surface area (Å²) in [7, 11) is 3.53.